The van der Waals surface area contributed by atoms with Crippen molar-refractivity contribution in [3.63, 3.8) is 0 Å². The van der Waals surface area contributed by atoms with Crippen LogP contribution in [0.25, 0.3) is 0 Å². The Labute approximate surface area is 181 Å². The lowest BCUT2D eigenvalue weighted by atomic mass is 10.0. The number of nitriles is 1. The van der Waals surface area contributed by atoms with Gasteiger partial charge in [0.15, 0.2) is 0 Å². The second kappa shape index (κ2) is 6.77. The molecule has 7 heteroatoms. The number of benzene rings is 1. The standard InChI is InChI=1S/C24H27FN4O2/c1-13(23(30)28-17(10-26)7-15-8-21(15)28)11-27-12-18-9-22(27)24(31)29(18)20-5-2-14-6-16(25)3-4-19(14)20/h3-4,6,13,15,17-18,20-22H,2,5,7-9,11-12H2,1H3/t13-,15+,17-,18-,20-,21?,22-/m0/s1. The minimum atomic E-state index is -0.280. The maximum atomic E-state index is 13.6. The second-order valence-electron chi connectivity index (χ2n) is 10.1. The van der Waals surface area contributed by atoms with Gasteiger partial charge in [-0.2, -0.15) is 5.26 Å². The molecule has 2 aliphatic carbocycles. The van der Waals surface area contributed by atoms with Crippen LogP contribution >= 0.6 is 0 Å². The van der Waals surface area contributed by atoms with E-state index in [1.54, 1.807) is 6.07 Å². The summed E-state index contributed by atoms with van der Waals surface area (Å²) in [5.74, 6) is 0.298. The predicted octanol–water partition coefficient (Wildman–Crippen LogP) is 2.25. The van der Waals surface area contributed by atoms with Gasteiger partial charge in [0.1, 0.15) is 11.9 Å². The number of carbonyl (C=O) groups excluding carboxylic acids is 2. The molecule has 1 aromatic carbocycles. The zero-order valence-electron chi connectivity index (χ0n) is 17.7. The molecule has 6 nitrogen and oxygen atoms in total. The fourth-order valence-corrected chi connectivity index (χ4v) is 6.73. The van der Waals surface area contributed by atoms with Gasteiger partial charge in [0.2, 0.25) is 11.8 Å². The maximum absolute atomic E-state index is 13.6. The molecule has 2 amide bonds. The van der Waals surface area contributed by atoms with Crippen molar-refractivity contribution < 1.29 is 14.0 Å². The summed E-state index contributed by atoms with van der Waals surface area (Å²) >= 11 is 0. The van der Waals surface area contributed by atoms with Crippen LogP contribution in [0.1, 0.15) is 49.8 Å². The number of likely N-dealkylation sites (tertiary alicyclic amines) is 3. The maximum Gasteiger partial charge on any atom is 0.240 e. The van der Waals surface area contributed by atoms with E-state index in [1.807, 2.05) is 22.8 Å². The molecule has 0 aromatic heterocycles. The summed E-state index contributed by atoms with van der Waals surface area (Å²) in [6.45, 7) is 3.29. The van der Waals surface area contributed by atoms with E-state index in [9.17, 15) is 19.2 Å². The Morgan fingerprint density at radius 2 is 2.13 bits per heavy atom. The lowest BCUT2D eigenvalue weighted by molar-refractivity contribution is -0.142. The third-order valence-electron chi connectivity index (χ3n) is 8.24. The molecule has 7 atom stereocenters. The van der Waals surface area contributed by atoms with Crippen molar-refractivity contribution in [2.75, 3.05) is 13.1 Å². The third-order valence-corrected chi connectivity index (χ3v) is 8.24. The predicted molar refractivity (Wildman–Crippen MR) is 110 cm³/mol. The van der Waals surface area contributed by atoms with Crippen LogP contribution in [0.4, 0.5) is 4.39 Å². The number of carbonyl (C=O) groups is 2. The van der Waals surface area contributed by atoms with Crippen LogP contribution in [0.5, 0.6) is 0 Å². The molecule has 4 fully saturated rings. The fourth-order valence-electron chi connectivity index (χ4n) is 6.73. The van der Waals surface area contributed by atoms with E-state index < -0.39 is 0 Å². The highest BCUT2D eigenvalue weighted by molar-refractivity contribution is 5.87. The third kappa shape index (κ3) is 2.84. The van der Waals surface area contributed by atoms with Crippen molar-refractivity contribution in [2.45, 2.75) is 69.2 Å². The molecule has 31 heavy (non-hydrogen) atoms. The van der Waals surface area contributed by atoms with Gasteiger partial charge in [-0.05, 0) is 61.3 Å². The van der Waals surface area contributed by atoms with Crippen molar-refractivity contribution in [1.82, 2.24) is 14.7 Å². The highest BCUT2D eigenvalue weighted by Crippen LogP contribution is 2.48. The van der Waals surface area contributed by atoms with Crippen molar-refractivity contribution in [3.8, 4) is 6.07 Å². The highest BCUT2D eigenvalue weighted by Gasteiger charge is 2.56. The largest absolute Gasteiger partial charge is 0.330 e. The van der Waals surface area contributed by atoms with Gasteiger partial charge in [-0.3, -0.25) is 14.5 Å². The van der Waals surface area contributed by atoms with Crippen LogP contribution in [0.3, 0.4) is 0 Å². The van der Waals surface area contributed by atoms with E-state index in [4.69, 9.17) is 0 Å². The number of hydrogen-bond acceptors (Lipinski definition) is 4. The van der Waals surface area contributed by atoms with Crippen molar-refractivity contribution in [2.24, 2.45) is 11.8 Å². The molecule has 0 N–H and O–H groups in total. The SMILES string of the molecule is C[C@@H](CN1C[C@@H]2C[C@H]1C(=O)N2[C@H]1CCc2cc(F)ccc21)C(=O)N1C2C[C@H]2C[C@H]1C#N. The monoisotopic (exact) mass is 422 g/mol. The number of halogens is 1. The van der Waals surface area contributed by atoms with Gasteiger partial charge in [0.05, 0.1) is 18.2 Å². The lowest BCUT2D eigenvalue weighted by Crippen LogP contribution is -2.53. The summed E-state index contributed by atoms with van der Waals surface area (Å²) in [4.78, 5) is 32.4. The van der Waals surface area contributed by atoms with Gasteiger partial charge in [-0.15, -0.1) is 0 Å². The van der Waals surface area contributed by atoms with Crippen LogP contribution in [0.2, 0.25) is 0 Å². The van der Waals surface area contributed by atoms with Crippen LogP contribution in [-0.4, -0.2) is 63.8 Å². The molecule has 3 saturated heterocycles. The Hall–Kier alpha value is -2.46. The molecule has 6 rings (SSSR count). The first kappa shape index (κ1) is 19.2. The summed E-state index contributed by atoms with van der Waals surface area (Å²) < 4.78 is 13.6. The van der Waals surface area contributed by atoms with Crippen LogP contribution in [0.15, 0.2) is 18.2 Å². The molecule has 0 spiro atoms. The zero-order valence-corrected chi connectivity index (χ0v) is 17.7. The number of rotatable bonds is 4. The van der Waals surface area contributed by atoms with Gasteiger partial charge < -0.3 is 9.80 Å². The number of nitrogens with zero attached hydrogens (tertiary/aromatic N) is 4. The van der Waals surface area contributed by atoms with Crippen LogP contribution in [0, 0.1) is 29.0 Å². The van der Waals surface area contributed by atoms with Crippen LogP contribution < -0.4 is 0 Å². The first-order valence-electron chi connectivity index (χ1n) is 11.5. The average Bonchev–Trinajstić information content (AvgIpc) is 3.08. The Morgan fingerprint density at radius 3 is 2.90 bits per heavy atom. The van der Waals surface area contributed by atoms with Gasteiger partial charge in [0, 0.05) is 31.1 Å². The quantitative estimate of drug-likeness (QED) is 0.747. The smallest absolute Gasteiger partial charge is 0.240 e. The van der Waals surface area contributed by atoms with Crippen LogP contribution in [-0.2, 0) is 16.0 Å². The number of hydrogen-bond donors (Lipinski definition) is 0. The Morgan fingerprint density at radius 1 is 1.29 bits per heavy atom. The topological polar surface area (TPSA) is 67.7 Å². The van der Waals surface area contributed by atoms with Gasteiger partial charge >= 0.3 is 0 Å². The highest BCUT2D eigenvalue weighted by atomic mass is 19.1. The van der Waals surface area contributed by atoms with Crippen molar-refractivity contribution in [1.29, 1.82) is 5.26 Å². The summed E-state index contributed by atoms with van der Waals surface area (Å²) in [6, 6.07) is 7.26. The summed E-state index contributed by atoms with van der Waals surface area (Å²) in [5.41, 5.74) is 2.11. The Bertz CT molecular complexity index is 1010. The van der Waals surface area contributed by atoms with Crippen molar-refractivity contribution in [3.05, 3.63) is 35.1 Å². The Kier molecular flexibility index (Phi) is 4.20. The summed E-state index contributed by atoms with van der Waals surface area (Å²) in [7, 11) is 0. The molecular weight excluding hydrogens is 395 g/mol. The van der Waals surface area contributed by atoms with E-state index >= 15 is 0 Å². The fraction of sp³-hybridized carbons (Fsp3) is 0.625. The molecule has 1 unspecified atom stereocenters. The van der Waals surface area contributed by atoms with Gasteiger partial charge in [-0.1, -0.05) is 13.0 Å². The number of fused-ring (bicyclic) bond motifs is 4. The van der Waals surface area contributed by atoms with Gasteiger partial charge in [0.25, 0.3) is 0 Å². The molecular formula is C24H27FN4O2. The van der Waals surface area contributed by atoms with Gasteiger partial charge in [-0.25, -0.2) is 4.39 Å². The van der Waals surface area contributed by atoms with E-state index in [1.165, 1.54) is 6.07 Å². The van der Waals surface area contributed by atoms with E-state index in [0.717, 1.165) is 49.8 Å². The number of piperidine rings is 1. The first-order valence-corrected chi connectivity index (χ1v) is 11.5. The molecule has 3 aliphatic heterocycles. The summed E-state index contributed by atoms with van der Waals surface area (Å²) in [6.07, 6.45) is 4.32. The average molecular weight is 423 g/mol. The van der Waals surface area contributed by atoms with E-state index in [0.29, 0.717) is 12.5 Å². The molecule has 0 radical (unpaired) electrons. The summed E-state index contributed by atoms with van der Waals surface area (Å²) in [5, 5.41) is 9.40. The zero-order chi connectivity index (χ0) is 21.4. The second-order valence-corrected chi connectivity index (χ2v) is 10.1. The molecule has 1 aromatic rings. The number of piperazine rings is 1. The molecule has 2 bridgehead atoms. The molecule has 1 saturated carbocycles. The number of aryl methyl sites for hydroxylation is 1. The Balaban J connectivity index is 1.13. The minimum Gasteiger partial charge on any atom is -0.330 e. The minimum absolute atomic E-state index is 0.0482. The molecule has 3 heterocycles. The van der Waals surface area contributed by atoms with Crippen molar-refractivity contribution >= 4 is 11.8 Å². The first-order chi connectivity index (χ1) is 15.0. The normalized spacial score (nSPS) is 36.5. The van der Waals surface area contributed by atoms with E-state index in [2.05, 4.69) is 11.0 Å². The molecule has 5 aliphatic rings. The lowest BCUT2D eigenvalue weighted by Gasteiger charge is -2.39. The number of amides is 2. The van der Waals surface area contributed by atoms with E-state index in [-0.39, 0.29) is 53.8 Å². The molecule has 162 valence electrons.